The lowest BCUT2D eigenvalue weighted by molar-refractivity contribution is -0.123. The molecule has 1 amide bonds. The Kier molecular flexibility index (Phi) is 5.35. The lowest BCUT2D eigenvalue weighted by Gasteiger charge is -2.20. The molecule has 0 heterocycles. The van der Waals surface area contributed by atoms with Crippen molar-refractivity contribution in [3.63, 3.8) is 0 Å². The molecule has 3 nitrogen and oxygen atoms in total. The van der Waals surface area contributed by atoms with Crippen LogP contribution in [0.1, 0.15) is 30.9 Å². The van der Waals surface area contributed by atoms with Crippen molar-refractivity contribution in [1.82, 2.24) is 10.2 Å². The summed E-state index contributed by atoms with van der Waals surface area (Å²) in [4.78, 5) is 14.0. The zero-order chi connectivity index (χ0) is 13.7. The zero-order valence-electron chi connectivity index (χ0n) is 12.0. The van der Waals surface area contributed by atoms with Crippen molar-refractivity contribution < 1.29 is 4.79 Å². The van der Waals surface area contributed by atoms with E-state index in [-0.39, 0.29) is 11.8 Å². The van der Waals surface area contributed by atoms with Crippen molar-refractivity contribution in [2.75, 3.05) is 21.1 Å². The number of hydrogen-bond donors (Lipinski definition) is 1. The molecule has 1 aromatic rings. The minimum absolute atomic E-state index is 0.0663. The molecule has 0 aliphatic rings. The van der Waals surface area contributed by atoms with Crippen molar-refractivity contribution in [2.24, 2.45) is 5.92 Å². The third-order valence-corrected chi connectivity index (χ3v) is 3.03. The summed E-state index contributed by atoms with van der Waals surface area (Å²) in [5, 5.41) is 2.74. The van der Waals surface area contributed by atoms with Gasteiger partial charge in [0.1, 0.15) is 0 Å². The summed E-state index contributed by atoms with van der Waals surface area (Å²) < 4.78 is 0. The number of hydrogen-bond acceptors (Lipinski definition) is 2. The molecule has 1 aromatic carbocycles. The second-order valence-electron chi connectivity index (χ2n) is 5.32. The number of carbonyl (C=O) groups is 1. The molecule has 0 saturated carbocycles. The Labute approximate surface area is 110 Å². The van der Waals surface area contributed by atoms with Crippen LogP contribution >= 0.6 is 0 Å². The Hall–Kier alpha value is -1.35. The van der Waals surface area contributed by atoms with Crippen LogP contribution in [0, 0.1) is 5.92 Å². The molecule has 0 saturated heterocycles. The molecule has 0 aliphatic carbocycles. The number of nitrogens with one attached hydrogen (secondary N) is 1. The van der Waals surface area contributed by atoms with Crippen LogP contribution in [0.4, 0.5) is 0 Å². The van der Waals surface area contributed by atoms with Gasteiger partial charge in [-0.15, -0.1) is 0 Å². The fourth-order valence-corrected chi connectivity index (χ4v) is 2.19. The molecule has 1 rings (SSSR count). The Morgan fingerprint density at radius 3 is 2.17 bits per heavy atom. The van der Waals surface area contributed by atoms with Gasteiger partial charge in [0, 0.05) is 13.6 Å². The molecule has 0 aromatic heterocycles. The Balaban J connectivity index is 2.90. The van der Waals surface area contributed by atoms with Crippen LogP contribution in [0.3, 0.4) is 0 Å². The van der Waals surface area contributed by atoms with Crippen LogP contribution in [0.25, 0.3) is 0 Å². The van der Waals surface area contributed by atoms with Crippen LogP contribution in [-0.2, 0) is 11.3 Å². The Morgan fingerprint density at radius 1 is 1.22 bits per heavy atom. The molecule has 100 valence electrons. The van der Waals surface area contributed by atoms with Gasteiger partial charge in [-0.3, -0.25) is 4.79 Å². The molecule has 0 fully saturated rings. The number of carbonyl (C=O) groups excluding carboxylic acids is 1. The van der Waals surface area contributed by atoms with E-state index >= 15 is 0 Å². The summed E-state index contributed by atoms with van der Waals surface area (Å²) in [5.74, 6) is 0.318. The molecule has 18 heavy (non-hydrogen) atoms. The summed E-state index contributed by atoms with van der Waals surface area (Å²) in [6, 6.07) is 8.35. The fourth-order valence-electron chi connectivity index (χ4n) is 2.19. The molecule has 3 heteroatoms. The number of benzene rings is 1. The van der Waals surface area contributed by atoms with Crippen LogP contribution in [-0.4, -0.2) is 32.0 Å². The Bertz CT molecular complexity index is 382. The van der Waals surface area contributed by atoms with Gasteiger partial charge in [0.2, 0.25) is 5.91 Å². The van der Waals surface area contributed by atoms with Gasteiger partial charge in [0.25, 0.3) is 0 Å². The van der Waals surface area contributed by atoms with E-state index in [2.05, 4.69) is 62.4 Å². The van der Waals surface area contributed by atoms with Gasteiger partial charge in [0.15, 0.2) is 0 Å². The van der Waals surface area contributed by atoms with Crippen molar-refractivity contribution in [3.05, 3.63) is 35.4 Å². The van der Waals surface area contributed by atoms with Crippen LogP contribution < -0.4 is 5.32 Å². The van der Waals surface area contributed by atoms with Crippen molar-refractivity contribution in [2.45, 2.75) is 26.3 Å². The van der Waals surface area contributed by atoms with Gasteiger partial charge in [-0.2, -0.15) is 0 Å². The van der Waals surface area contributed by atoms with E-state index < -0.39 is 0 Å². The van der Waals surface area contributed by atoms with E-state index in [0.717, 1.165) is 12.1 Å². The maximum atomic E-state index is 11.9. The van der Waals surface area contributed by atoms with Gasteiger partial charge in [0.05, 0.1) is 5.92 Å². The lowest BCUT2D eigenvalue weighted by atomic mass is 9.87. The number of nitrogens with zero attached hydrogens (tertiary/aromatic N) is 1. The predicted molar refractivity (Wildman–Crippen MR) is 75.5 cm³/mol. The van der Waals surface area contributed by atoms with E-state index in [9.17, 15) is 4.79 Å². The van der Waals surface area contributed by atoms with Crippen LogP contribution in [0.2, 0.25) is 0 Å². The first-order valence-electron chi connectivity index (χ1n) is 6.41. The molecule has 0 spiro atoms. The minimum atomic E-state index is -0.0663. The van der Waals surface area contributed by atoms with Gasteiger partial charge in [-0.1, -0.05) is 38.1 Å². The van der Waals surface area contributed by atoms with Gasteiger partial charge >= 0.3 is 0 Å². The highest BCUT2D eigenvalue weighted by atomic mass is 16.1. The quantitative estimate of drug-likeness (QED) is 0.866. The minimum Gasteiger partial charge on any atom is -0.359 e. The summed E-state index contributed by atoms with van der Waals surface area (Å²) in [7, 11) is 5.79. The topological polar surface area (TPSA) is 32.3 Å². The monoisotopic (exact) mass is 248 g/mol. The van der Waals surface area contributed by atoms with E-state index in [1.54, 1.807) is 7.05 Å². The third-order valence-electron chi connectivity index (χ3n) is 3.03. The standard InChI is InChI=1S/C15H24N2O/c1-11(2)14(15(18)16-3)13-8-6-12(7-9-13)10-17(4)5/h6-9,11,14H,10H2,1-5H3,(H,16,18). The Morgan fingerprint density at radius 2 is 1.78 bits per heavy atom. The lowest BCUT2D eigenvalue weighted by Crippen LogP contribution is -2.29. The highest BCUT2D eigenvalue weighted by Crippen LogP contribution is 2.25. The largest absolute Gasteiger partial charge is 0.359 e. The SMILES string of the molecule is CNC(=O)C(c1ccc(CN(C)C)cc1)C(C)C. The second kappa shape index (κ2) is 6.55. The molecule has 1 atom stereocenters. The molecular formula is C15H24N2O. The number of amides is 1. The smallest absolute Gasteiger partial charge is 0.227 e. The zero-order valence-corrected chi connectivity index (χ0v) is 12.0. The molecular weight excluding hydrogens is 224 g/mol. The second-order valence-corrected chi connectivity index (χ2v) is 5.32. The maximum absolute atomic E-state index is 11.9. The summed E-state index contributed by atoms with van der Waals surface area (Å²) in [5.41, 5.74) is 2.36. The molecule has 0 aliphatic heterocycles. The maximum Gasteiger partial charge on any atom is 0.227 e. The molecule has 0 bridgehead atoms. The van der Waals surface area contributed by atoms with Crippen LogP contribution in [0.5, 0.6) is 0 Å². The molecule has 0 radical (unpaired) electrons. The first-order chi connectivity index (χ1) is 8.45. The van der Waals surface area contributed by atoms with E-state index in [1.165, 1.54) is 5.56 Å². The fraction of sp³-hybridized carbons (Fsp3) is 0.533. The highest BCUT2D eigenvalue weighted by Gasteiger charge is 2.22. The van der Waals surface area contributed by atoms with Gasteiger partial charge in [-0.25, -0.2) is 0 Å². The average molecular weight is 248 g/mol. The highest BCUT2D eigenvalue weighted by molar-refractivity contribution is 5.83. The summed E-state index contributed by atoms with van der Waals surface area (Å²) in [6.07, 6.45) is 0. The first kappa shape index (κ1) is 14.7. The van der Waals surface area contributed by atoms with Crippen LogP contribution in [0.15, 0.2) is 24.3 Å². The van der Waals surface area contributed by atoms with Crippen molar-refractivity contribution in [1.29, 1.82) is 0 Å². The number of likely N-dealkylation sites (N-methyl/N-ethyl adjacent to an activating group) is 1. The average Bonchev–Trinajstić information content (AvgIpc) is 2.30. The predicted octanol–water partition coefficient (Wildman–Crippen LogP) is 2.23. The summed E-state index contributed by atoms with van der Waals surface area (Å²) in [6.45, 7) is 5.08. The van der Waals surface area contributed by atoms with E-state index in [0.29, 0.717) is 5.92 Å². The third kappa shape index (κ3) is 3.84. The molecule has 1 unspecified atom stereocenters. The molecule has 1 N–H and O–H groups in total. The normalized spacial score (nSPS) is 12.8. The van der Waals surface area contributed by atoms with E-state index in [1.807, 2.05) is 0 Å². The summed E-state index contributed by atoms with van der Waals surface area (Å²) >= 11 is 0. The van der Waals surface area contributed by atoms with Crippen molar-refractivity contribution in [3.8, 4) is 0 Å². The van der Waals surface area contributed by atoms with Gasteiger partial charge in [-0.05, 0) is 31.1 Å². The van der Waals surface area contributed by atoms with E-state index in [4.69, 9.17) is 0 Å². The van der Waals surface area contributed by atoms with Gasteiger partial charge < -0.3 is 10.2 Å². The first-order valence-corrected chi connectivity index (χ1v) is 6.41. The number of rotatable bonds is 5. The van der Waals surface area contributed by atoms with Crippen molar-refractivity contribution >= 4 is 5.91 Å².